The van der Waals surface area contributed by atoms with Crippen LogP contribution >= 0.6 is 0 Å². The van der Waals surface area contributed by atoms with Crippen LogP contribution in [0.4, 0.5) is 0 Å². The maximum atomic E-state index is 2.40. The van der Waals surface area contributed by atoms with Crippen molar-refractivity contribution >= 4 is 23.1 Å². The molecule has 0 saturated heterocycles. The number of hydrogen-bond donors (Lipinski definition) is 0. The fourth-order valence-electron chi connectivity index (χ4n) is 8.96. The van der Waals surface area contributed by atoms with Crippen LogP contribution in [0.5, 0.6) is 0 Å². The van der Waals surface area contributed by atoms with Crippen LogP contribution in [-0.4, -0.2) is 6.71 Å². The van der Waals surface area contributed by atoms with E-state index in [4.69, 9.17) is 0 Å². The van der Waals surface area contributed by atoms with Gasteiger partial charge in [0.1, 0.15) is 0 Å². The summed E-state index contributed by atoms with van der Waals surface area (Å²) in [6.07, 6.45) is 0. The Labute approximate surface area is 266 Å². The zero-order valence-electron chi connectivity index (χ0n) is 28.9. The van der Waals surface area contributed by atoms with Crippen LogP contribution in [0.2, 0.25) is 0 Å². The van der Waals surface area contributed by atoms with Crippen molar-refractivity contribution in [1.29, 1.82) is 0 Å². The van der Waals surface area contributed by atoms with Crippen LogP contribution in [0.1, 0.15) is 80.6 Å². The minimum Gasteiger partial charge on any atom is -0.0629 e. The molecular weight excluding hydrogens is 527 g/mol. The largest absolute Gasteiger partial charge is 0.243 e. The molecule has 6 rings (SSSR count). The average molecular weight is 575 g/mol. The first kappa shape index (κ1) is 30.2. The lowest BCUT2D eigenvalue weighted by molar-refractivity contribution is 0.662. The molecule has 0 saturated carbocycles. The Hall–Kier alpha value is -3.84. The molecule has 44 heavy (non-hydrogen) atoms. The topological polar surface area (TPSA) is 0 Å². The summed E-state index contributed by atoms with van der Waals surface area (Å²) in [5, 5.41) is 0. The highest BCUT2D eigenvalue weighted by molar-refractivity contribution is 6.97. The summed E-state index contributed by atoms with van der Waals surface area (Å²) in [5.41, 5.74) is 26.6. The highest BCUT2D eigenvalue weighted by Gasteiger charge is 2.39. The van der Waals surface area contributed by atoms with E-state index in [2.05, 4.69) is 150 Å². The minimum absolute atomic E-state index is 0.0589. The first-order chi connectivity index (χ1) is 20.7. The van der Waals surface area contributed by atoms with Crippen LogP contribution in [0.25, 0.3) is 22.3 Å². The quantitative estimate of drug-likeness (QED) is 0.188. The van der Waals surface area contributed by atoms with Gasteiger partial charge in [-0.2, -0.15) is 0 Å². The number of benzene rings is 5. The van der Waals surface area contributed by atoms with Crippen molar-refractivity contribution in [3.63, 3.8) is 0 Å². The van der Waals surface area contributed by atoms with Gasteiger partial charge < -0.3 is 0 Å². The summed E-state index contributed by atoms with van der Waals surface area (Å²) in [7, 11) is 0. The zero-order valence-corrected chi connectivity index (χ0v) is 28.9. The Bertz CT molecular complexity index is 1850. The lowest BCUT2D eigenvalue weighted by Gasteiger charge is -2.31. The highest BCUT2D eigenvalue weighted by Crippen LogP contribution is 2.52. The molecule has 0 radical (unpaired) electrons. The van der Waals surface area contributed by atoms with Crippen molar-refractivity contribution < 1.29 is 0 Å². The Morgan fingerprint density at radius 3 is 1.39 bits per heavy atom. The van der Waals surface area contributed by atoms with E-state index < -0.39 is 0 Å². The van der Waals surface area contributed by atoms with Crippen LogP contribution in [0.3, 0.4) is 0 Å². The van der Waals surface area contributed by atoms with E-state index in [9.17, 15) is 0 Å². The predicted molar refractivity (Wildman–Crippen MR) is 194 cm³/mol. The van der Waals surface area contributed by atoms with Gasteiger partial charge >= 0.3 is 0 Å². The lowest BCUT2D eigenvalue weighted by Crippen LogP contribution is -2.57. The van der Waals surface area contributed by atoms with Gasteiger partial charge in [-0.05, 0) is 114 Å². The lowest BCUT2D eigenvalue weighted by atomic mass is 9.32. The molecule has 0 unspecified atom stereocenters. The first-order valence-corrected chi connectivity index (χ1v) is 16.2. The van der Waals surface area contributed by atoms with Crippen LogP contribution in [0, 0.1) is 69.2 Å². The molecule has 0 amide bonds. The normalized spacial score (nSPS) is 13.2. The molecule has 0 bridgehead atoms. The van der Waals surface area contributed by atoms with Crippen molar-refractivity contribution in [2.24, 2.45) is 0 Å². The summed E-state index contributed by atoms with van der Waals surface area (Å²) in [6, 6.07) is 25.5. The molecular formula is C43H47B. The van der Waals surface area contributed by atoms with Gasteiger partial charge in [0.25, 0.3) is 0 Å². The molecule has 0 spiro atoms. The van der Waals surface area contributed by atoms with Gasteiger partial charge in [0.05, 0.1) is 0 Å². The van der Waals surface area contributed by atoms with Crippen LogP contribution < -0.4 is 16.4 Å². The summed E-state index contributed by atoms with van der Waals surface area (Å²) in [6.45, 7) is 28.2. The van der Waals surface area contributed by atoms with Gasteiger partial charge in [0.15, 0.2) is 0 Å². The fourth-order valence-corrected chi connectivity index (χ4v) is 8.96. The molecule has 222 valence electrons. The van der Waals surface area contributed by atoms with Crippen molar-refractivity contribution in [3.05, 3.63) is 133 Å². The molecule has 5 aromatic rings. The van der Waals surface area contributed by atoms with Gasteiger partial charge in [-0.3, -0.25) is 0 Å². The molecule has 0 nitrogen and oxygen atoms in total. The third-order valence-corrected chi connectivity index (χ3v) is 10.9. The molecule has 0 N–H and O–H groups in total. The monoisotopic (exact) mass is 574 g/mol. The van der Waals surface area contributed by atoms with Crippen LogP contribution in [-0.2, 0) is 5.41 Å². The van der Waals surface area contributed by atoms with Gasteiger partial charge in [0, 0.05) is 5.41 Å². The third kappa shape index (κ3) is 4.42. The first-order valence-electron chi connectivity index (χ1n) is 16.2. The number of aryl methyl sites for hydroxylation is 6. The fraction of sp³-hybridized carbons (Fsp3) is 0.302. The molecule has 5 aromatic carbocycles. The maximum Gasteiger partial charge on any atom is 0.243 e. The molecule has 0 aromatic heterocycles. The molecule has 0 fully saturated rings. The SMILES string of the molecule is Cc1cc(C)c(B(c2c(C)cc(C)cc2C)c2c(C)c(C)c(-c3cccc4c3C(C)(C)c3ccccc3-4)c(C)c2C)c(C)c1. The molecule has 0 aliphatic heterocycles. The van der Waals surface area contributed by atoms with Crippen molar-refractivity contribution in [2.45, 2.75) is 88.5 Å². The zero-order chi connectivity index (χ0) is 31.8. The summed E-state index contributed by atoms with van der Waals surface area (Å²) < 4.78 is 0. The van der Waals surface area contributed by atoms with E-state index in [-0.39, 0.29) is 12.1 Å². The number of fused-ring (bicyclic) bond motifs is 3. The van der Waals surface area contributed by atoms with Crippen molar-refractivity contribution in [3.8, 4) is 22.3 Å². The molecule has 0 heterocycles. The van der Waals surface area contributed by atoms with E-state index in [1.54, 1.807) is 0 Å². The van der Waals surface area contributed by atoms with E-state index in [0.29, 0.717) is 0 Å². The van der Waals surface area contributed by atoms with E-state index in [1.165, 1.54) is 105 Å². The second kappa shape index (κ2) is 10.7. The maximum absolute atomic E-state index is 2.40. The van der Waals surface area contributed by atoms with E-state index >= 15 is 0 Å². The minimum atomic E-state index is -0.0589. The van der Waals surface area contributed by atoms with E-state index in [1.807, 2.05) is 0 Å². The second-order valence-corrected chi connectivity index (χ2v) is 14.2. The standard InChI is InChI=1S/C43H47B/c1-24-20-26(3)40(27(4)21-24)44(41-28(5)22-25(2)23-29(41)6)42-32(9)30(7)38(31(8)33(42)10)36-18-15-17-35-34-16-13-14-19-37(34)43(11,12)39(35)36/h13-23H,1-12H3. The van der Waals surface area contributed by atoms with Gasteiger partial charge in [-0.15, -0.1) is 0 Å². The van der Waals surface area contributed by atoms with Crippen molar-refractivity contribution in [1.82, 2.24) is 0 Å². The predicted octanol–water partition coefficient (Wildman–Crippen LogP) is 9.26. The van der Waals surface area contributed by atoms with Gasteiger partial charge in [-0.1, -0.05) is 141 Å². The average Bonchev–Trinajstić information content (AvgIpc) is 3.18. The number of rotatable bonds is 4. The Balaban J connectivity index is 1.68. The summed E-state index contributed by atoms with van der Waals surface area (Å²) in [5.74, 6) is 0. The molecule has 1 aliphatic carbocycles. The smallest absolute Gasteiger partial charge is 0.0629 e. The third-order valence-electron chi connectivity index (χ3n) is 10.9. The van der Waals surface area contributed by atoms with Gasteiger partial charge in [-0.25, -0.2) is 0 Å². The molecule has 0 atom stereocenters. The summed E-state index contributed by atoms with van der Waals surface area (Å²) >= 11 is 0. The Morgan fingerprint density at radius 1 is 0.455 bits per heavy atom. The van der Waals surface area contributed by atoms with Crippen LogP contribution in [0.15, 0.2) is 66.7 Å². The van der Waals surface area contributed by atoms with E-state index in [0.717, 1.165) is 0 Å². The Morgan fingerprint density at radius 2 is 0.886 bits per heavy atom. The molecule has 1 aliphatic rings. The second-order valence-electron chi connectivity index (χ2n) is 14.2. The van der Waals surface area contributed by atoms with Crippen molar-refractivity contribution in [2.75, 3.05) is 0 Å². The Kier molecular flexibility index (Phi) is 7.31. The summed E-state index contributed by atoms with van der Waals surface area (Å²) in [4.78, 5) is 0. The van der Waals surface area contributed by atoms with Gasteiger partial charge in [0.2, 0.25) is 6.71 Å². The highest BCUT2D eigenvalue weighted by atomic mass is 14.4. The number of hydrogen-bond acceptors (Lipinski definition) is 0. The molecule has 1 heteroatoms.